The third-order valence-electron chi connectivity index (χ3n) is 3.26. The fourth-order valence-electron chi connectivity index (χ4n) is 2.21. The van der Waals surface area contributed by atoms with Gasteiger partial charge in [-0.15, -0.1) is 0 Å². The summed E-state index contributed by atoms with van der Waals surface area (Å²) in [4.78, 5) is 4.72. The molecule has 24 heavy (non-hydrogen) atoms. The van der Waals surface area contributed by atoms with Gasteiger partial charge in [-0.25, -0.2) is 9.50 Å². The molecular weight excluding hydrogens is 310 g/mol. The van der Waals surface area contributed by atoms with Gasteiger partial charge >= 0.3 is 0 Å². The van der Waals surface area contributed by atoms with Crippen molar-refractivity contribution >= 4 is 5.52 Å². The van der Waals surface area contributed by atoms with Gasteiger partial charge in [0.1, 0.15) is 0 Å². The average Bonchev–Trinajstić information content (AvgIpc) is 3.34. The van der Waals surface area contributed by atoms with Crippen LogP contribution in [-0.2, 0) is 7.05 Å². The Labute approximate surface area is 137 Å². The molecule has 0 spiro atoms. The molecule has 0 atom stereocenters. The number of nitrogens with one attached hydrogen (secondary N) is 1. The highest BCUT2D eigenvalue weighted by Crippen LogP contribution is 2.25. The lowest BCUT2D eigenvalue weighted by Crippen LogP contribution is -1.95. The summed E-state index contributed by atoms with van der Waals surface area (Å²) in [6, 6.07) is 1.93. The van der Waals surface area contributed by atoms with E-state index >= 15 is 0 Å². The van der Waals surface area contributed by atoms with Crippen molar-refractivity contribution in [1.29, 1.82) is 0 Å². The van der Waals surface area contributed by atoms with Gasteiger partial charge < -0.3 is 10.2 Å². The summed E-state index contributed by atoms with van der Waals surface area (Å²) in [5.74, 6) is 0. The summed E-state index contributed by atoms with van der Waals surface area (Å²) in [6.45, 7) is -0.250. The van der Waals surface area contributed by atoms with Crippen LogP contribution in [0.5, 0.6) is 0 Å². The first-order chi connectivity index (χ1) is 11.7. The molecule has 124 valence electrons. The summed E-state index contributed by atoms with van der Waals surface area (Å²) in [5, 5.41) is 30.5. The van der Waals surface area contributed by atoms with E-state index in [0.717, 1.165) is 28.0 Å². The summed E-state index contributed by atoms with van der Waals surface area (Å²) in [5.41, 5.74) is 4.50. The van der Waals surface area contributed by atoms with Gasteiger partial charge in [0.2, 0.25) is 0 Å². The minimum Gasteiger partial charge on any atom is -0.394 e. The zero-order valence-corrected chi connectivity index (χ0v) is 13.0. The third kappa shape index (κ3) is 3.16. The van der Waals surface area contributed by atoms with E-state index in [-0.39, 0.29) is 13.2 Å². The molecule has 0 aliphatic carbocycles. The number of hydrogen-bond donors (Lipinski definition) is 3. The number of aromatic amines is 1. The Kier molecular flexibility index (Phi) is 4.64. The van der Waals surface area contributed by atoms with E-state index in [0.29, 0.717) is 0 Å². The quantitative estimate of drug-likeness (QED) is 0.504. The van der Waals surface area contributed by atoms with Gasteiger partial charge in [-0.1, -0.05) is 0 Å². The van der Waals surface area contributed by atoms with Crippen LogP contribution < -0.4 is 0 Å². The van der Waals surface area contributed by atoms with Crippen molar-refractivity contribution < 1.29 is 10.2 Å². The van der Waals surface area contributed by atoms with Crippen LogP contribution in [0, 0.1) is 0 Å². The maximum Gasteiger partial charge on any atom is 0.0999 e. The minimum atomic E-state index is -0.125. The molecule has 0 aliphatic heterocycles. The van der Waals surface area contributed by atoms with Crippen LogP contribution in [-0.4, -0.2) is 58.0 Å². The molecule has 0 amide bonds. The molecule has 9 nitrogen and oxygen atoms in total. The van der Waals surface area contributed by atoms with Gasteiger partial charge in [0.15, 0.2) is 0 Å². The van der Waals surface area contributed by atoms with Crippen molar-refractivity contribution in [2.75, 3.05) is 13.2 Å². The number of aromatic nitrogens is 7. The van der Waals surface area contributed by atoms with E-state index < -0.39 is 0 Å². The van der Waals surface area contributed by atoms with E-state index in [4.69, 9.17) is 15.2 Å². The summed E-state index contributed by atoms with van der Waals surface area (Å²) in [6.07, 6.45) is 10.9. The van der Waals surface area contributed by atoms with Gasteiger partial charge in [-0.2, -0.15) is 15.3 Å². The van der Waals surface area contributed by atoms with Gasteiger partial charge in [0.05, 0.1) is 54.9 Å². The monoisotopic (exact) mass is 327 g/mol. The highest BCUT2D eigenvalue weighted by atomic mass is 16.3. The summed E-state index contributed by atoms with van der Waals surface area (Å²) >= 11 is 0. The van der Waals surface area contributed by atoms with Crippen LogP contribution in [0.25, 0.3) is 28.0 Å². The number of aliphatic hydroxyl groups excluding tert-OH is 2. The first kappa shape index (κ1) is 15.8. The number of aryl methyl sites for hydroxylation is 1. The fourth-order valence-corrected chi connectivity index (χ4v) is 2.21. The highest BCUT2D eigenvalue weighted by molar-refractivity contribution is 5.78. The number of aliphatic hydroxyl groups is 2. The Morgan fingerprint density at radius 3 is 2.54 bits per heavy atom. The molecule has 3 N–H and O–H groups in total. The lowest BCUT2D eigenvalue weighted by atomic mass is 10.2. The molecule has 0 aliphatic rings. The van der Waals surface area contributed by atoms with Crippen LogP contribution in [0.2, 0.25) is 0 Å². The second kappa shape index (κ2) is 7.02. The van der Waals surface area contributed by atoms with Gasteiger partial charge in [-0.3, -0.25) is 9.78 Å². The Morgan fingerprint density at radius 2 is 1.92 bits per heavy atom. The smallest absolute Gasteiger partial charge is 0.0999 e. The number of rotatable bonds is 3. The number of nitrogens with zero attached hydrogens (tertiary/aromatic N) is 6. The lowest BCUT2D eigenvalue weighted by Gasteiger charge is -2.04. The number of fused-ring (bicyclic) bond motifs is 1. The predicted octanol–water partition coefficient (Wildman–Crippen LogP) is 0.491. The second-order valence-electron chi connectivity index (χ2n) is 4.97. The lowest BCUT2D eigenvalue weighted by molar-refractivity contribution is 0.186. The third-order valence-corrected chi connectivity index (χ3v) is 3.26. The van der Waals surface area contributed by atoms with Gasteiger partial charge in [0, 0.05) is 30.6 Å². The molecular formula is C15H17N7O2. The van der Waals surface area contributed by atoms with Crippen molar-refractivity contribution in [3.8, 4) is 22.5 Å². The molecule has 9 heteroatoms. The topological polar surface area (TPSA) is 117 Å². The number of hydrogen-bond acceptors (Lipinski definition) is 6. The summed E-state index contributed by atoms with van der Waals surface area (Å²) in [7, 11) is 1.88. The summed E-state index contributed by atoms with van der Waals surface area (Å²) < 4.78 is 3.57. The van der Waals surface area contributed by atoms with Crippen molar-refractivity contribution in [3.05, 3.63) is 43.2 Å². The van der Waals surface area contributed by atoms with Crippen molar-refractivity contribution in [2.24, 2.45) is 7.05 Å². The number of H-pyrrole nitrogens is 1. The van der Waals surface area contributed by atoms with Crippen LogP contribution in [0.3, 0.4) is 0 Å². The maximum absolute atomic E-state index is 7.62. The Hall–Kier alpha value is -3.04. The van der Waals surface area contributed by atoms with Crippen molar-refractivity contribution in [2.45, 2.75) is 0 Å². The Bertz CT molecular complexity index is 909. The first-order valence-corrected chi connectivity index (χ1v) is 7.27. The molecule has 0 bridgehead atoms. The van der Waals surface area contributed by atoms with E-state index in [1.807, 2.05) is 36.2 Å². The minimum absolute atomic E-state index is 0.125. The van der Waals surface area contributed by atoms with Gasteiger partial charge in [-0.05, 0) is 6.07 Å². The zero-order chi connectivity index (χ0) is 16.9. The molecule has 4 heterocycles. The normalized spacial score (nSPS) is 10.6. The van der Waals surface area contributed by atoms with Crippen LogP contribution in [0.4, 0.5) is 0 Å². The fraction of sp³-hybridized carbons (Fsp3) is 0.200. The maximum atomic E-state index is 7.62. The predicted molar refractivity (Wildman–Crippen MR) is 86.9 cm³/mol. The molecule has 0 radical (unpaired) electrons. The van der Waals surface area contributed by atoms with Gasteiger partial charge in [0.25, 0.3) is 0 Å². The highest BCUT2D eigenvalue weighted by Gasteiger charge is 2.12. The standard InChI is InChI=1S/C13H11N7.C2H6O2/c1-19-7-10(6-17-19)11-8-20-12(2-3-16-20)13(18-11)9-4-14-15-5-9;3-1-2-4/h2-8H,1H3,(H,14,15);3-4H,1-2H2. The molecule has 0 saturated heterocycles. The molecule has 4 aromatic rings. The molecule has 0 fully saturated rings. The molecule has 4 rings (SSSR count). The van der Waals surface area contributed by atoms with E-state index in [1.54, 1.807) is 23.3 Å². The SMILES string of the molecule is Cn1cc(-c2cn3nccc3c(-c3cn[nH]c3)n2)cn1.OCCO. The van der Waals surface area contributed by atoms with Crippen LogP contribution in [0.1, 0.15) is 0 Å². The first-order valence-electron chi connectivity index (χ1n) is 7.27. The van der Waals surface area contributed by atoms with Crippen LogP contribution >= 0.6 is 0 Å². The second-order valence-corrected chi connectivity index (χ2v) is 4.97. The Balaban J connectivity index is 0.000000383. The van der Waals surface area contributed by atoms with Crippen molar-refractivity contribution in [1.82, 2.24) is 34.6 Å². The molecule has 4 aromatic heterocycles. The van der Waals surface area contributed by atoms with E-state index in [2.05, 4.69) is 20.4 Å². The van der Waals surface area contributed by atoms with Crippen LogP contribution in [0.15, 0.2) is 43.2 Å². The average molecular weight is 327 g/mol. The zero-order valence-electron chi connectivity index (χ0n) is 13.0. The van der Waals surface area contributed by atoms with E-state index in [9.17, 15) is 0 Å². The van der Waals surface area contributed by atoms with E-state index in [1.165, 1.54) is 0 Å². The largest absolute Gasteiger partial charge is 0.394 e. The molecule has 0 saturated carbocycles. The Morgan fingerprint density at radius 1 is 1.08 bits per heavy atom. The van der Waals surface area contributed by atoms with Crippen molar-refractivity contribution in [3.63, 3.8) is 0 Å². The molecule has 0 aromatic carbocycles. The molecule has 0 unspecified atom stereocenters.